The first-order valence-corrected chi connectivity index (χ1v) is 5.81. The zero-order chi connectivity index (χ0) is 13.9. The van der Waals surface area contributed by atoms with Crippen molar-refractivity contribution in [1.82, 2.24) is 10.2 Å². The molecule has 0 aliphatic heterocycles. The summed E-state index contributed by atoms with van der Waals surface area (Å²) in [6, 6.07) is 4.99. The molecule has 0 aliphatic rings. The standard InChI is InChI=1S/C11H9ClF3N3O/c12-5-9-17-18-10(19-9)16-6-7-1-3-8(4-2-7)11(13,14)15/h1-4H,5-6H2,(H,16,18). The third kappa shape index (κ3) is 3.60. The van der Waals surface area contributed by atoms with Crippen LogP contribution in [0, 0.1) is 0 Å². The van der Waals surface area contributed by atoms with Crippen LogP contribution in [0.4, 0.5) is 19.2 Å². The van der Waals surface area contributed by atoms with Crippen LogP contribution in [0.2, 0.25) is 0 Å². The van der Waals surface area contributed by atoms with Crippen molar-refractivity contribution in [3.05, 3.63) is 41.3 Å². The Morgan fingerprint density at radius 1 is 1.16 bits per heavy atom. The first-order chi connectivity index (χ1) is 8.99. The molecule has 1 aromatic heterocycles. The molecule has 0 saturated heterocycles. The summed E-state index contributed by atoms with van der Waals surface area (Å²) >= 11 is 5.49. The summed E-state index contributed by atoms with van der Waals surface area (Å²) in [7, 11) is 0. The topological polar surface area (TPSA) is 51.0 Å². The van der Waals surface area contributed by atoms with Crippen molar-refractivity contribution in [3.63, 3.8) is 0 Å². The van der Waals surface area contributed by atoms with E-state index in [2.05, 4.69) is 15.5 Å². The number of anilines is 1. The van der Waals surface area contributed by atoms with Gasteiger partial charge in [-0.15, -0.1) is 16.7 Å². The Kier molecular flexibility index (Phi) is 3.94. The van der Waals surface area contributed by atoms with E-state index in [9.17, 15) is 13.2 Å². The number of halogens is 4. The van der Waals surface area contributed by atoms with E-state index in [1.165, 1.54) is 12.1 Å². The number of rotatable bonds is 4. The summed E-state index contributed by atoms with van der Waals surface area (Å²) in [5, 5.41) is 10.1. The lowest BCUT2D eigenvalue weighted by Crippen LogP contribution is -2.05. The van der Waals surface area contributed by atoms with Gasteiger partial charge in [0.05, 0.1) is 5.56 Å². The number of nitrogens with one attached hydrogen (secondary N) is 1. The van der Waals surface area contributed by atoms with Gasteiger partial charge in [0.25, 0.3) is 0 Å². The van der Waals surface area contributed by atoms with Gasteiger partial charge in [0, 0.05) is 6.54 Å². The summed E-state index contributed by atoms with van der Waals surface area (Å²) in [6.07, 6.45) is -4.33. The smallest absolute Gasteiger partial charge is 0.407 e. The van der Waals surface area contributed by atoms with Crippen molar-refractivity contribution >= 4 is 17.6 Å². The second-order valence-corrected chi connectivity index (χ2v) is 3.95. The molecular weight excluding hydrogens is 283 g/mol. The van der Waals surface area contributed by atoms with Gasteiger partial charge in [-0.2, -0.15) is 13.2 Å². The van der Waals surface area contributed by atoms with Crippen LogP contribution < -0.4 is 5.32 Å². The van der Waals surface area contributed by atoms with Crippen molar-refractivity contribution in [1.29, 1.82) is 0 Å². The highest BCUT2D eigenvalue weighted by Crippen LogP contribution is 2.29. The lowest BCUT2D eigenvalue weighted by atomic mass is 10.1. The number of hydrogen-bond acceptors (Lipinski definition) is 4. The van der Waals surface area contributed by atoms with E-state index in [-0.39, 0.29) is 24.3 Å². The van der Waals surface area contributed by atoms with E-state index >= 15 is 0 Å². The third-order valence-corrected chi connectivity index (χ3v) is 2.53. The van der Waals surface area contributed by atoms with Crippen LogP contribution in [0.5, 0.6) is 0 Å². The van der Waals surface area contributed by atoms with Crippen LogP contribution in [0.1, 0.15) is 17.0 Å². The predicted octanol–water partition coefficient (Wildman–Crippen LogP) is 3.44. The van der Waals surface area contributed by atoms with Crippen molar-refractivity contribution in [2.45, 2.75) is 18.6 Å². The largest absolute Gasteiger partial charge is 0.416 e. The van der Waals surface area contributed by atoms with Crippen LogP contribution in [0.15, 0.2) is 28.7 Å². The van der Waals surface area contributed by atoms with Crippen LogP contribution in [0.25, 0.3) is 0 Å². The van der Waals surface area contributed by atoms with Gasteiger partial charge >= 0.3 is 12.2 Å². The lowest BCUT2D eigenvalue weighted by Gasteiger charge is -2.07. The Morgan fingerprint density at radius 3 is 2.37 bits per heavy atom. The lowest BCUT2D eigenvalue weighted by molar-refractivity contribution is -0.137. The number of alkyl halides is 4. The highest BCUT2D eigenvalue weighted by atomic mass is 35.5. The number of nitrogens with zero attached hydrogens (tertiary/aromatic N) is 2. The Labute approximate surface area is 111 Å². The Bertz CT molecular complexity index is 539. The van der Waals surface area contributed by atoms with Gasteiger partial charge in [0.1, 0.15) is 5.88 Å². The molecule has 0 unspecified atom stereocenters. The van der Waals surface area contributed by atoms with E-state index in [0.29, 0.717) is 5.56 Å². The molecule has 0 fully saturated rings. The SMILES string of the molecule is FC(F)(F)c1ccc(CNc2nnc(CCl)o2)cc1. The van der Waals surface area contributed by atoms with Gasteiger partial charge in [-0.3, -0.25) is 0 Å². The summed E-state index contributed by atoms with van der Waals surface area (Å²) in [4.78, 5) is 0. The van der Waals surface area contributed by atoms with Crippen molar-refractivity contribution in [2.24, 2.45) is 0 Å². The molecule has 0 atom stereocenters. The van der Waals surface area contributed by atoms with Gasteiger partial charge in [-0.25, -0.2) is 0 Å². The molecule has 19 heavy (non-hydrogen) atoms. The molecule has 1 aromatic carbocycles. The molecule has 0 bridgehead atoms. The summed E-state index contributed by atoms with van der Waals surface area (Å²) < 4.78 is 42.1. The molecular formula is C11H9ClF3N3O. The molecule has 0 radical (unpaired) electrons. The maximum Gasteiger partial charge on any atom is 0.416 e. The van der Waals surface area contributed by atoms with Crippen LogP contribution >= 0.6 is 11.6 Å². The van der Waals surface area contributed by atoms with Crippen molar-refractivity contribution in [3.8, 4) is 0 Å². The van der Waals surface area contributed by atoms with E-state index in [4.69, 9.17) is 16.0 Å². The fourth-order valence-corrected chi connectivity index (χ4v) is 1.48. The Balaban J connectivity index is 1.96. The fourth-order valence-electron chi connectivity index (χ4n) is 1.37. The number of aromatic nitrogens is 2. The van der Waals surface area contributed by atoms with E-state index in [1.807, 2.05) is 0 Å². The van der Waals surface area contributed by atoms with Crippen molar-refractivity contribution in [2.75, 3.05) is 5.32 Å². The summed E-state index contributed by atoms with van der Waals surface area (Å²) in [6.45, 7) is 0.280. The van der Waals surface area contributed by atoms with Gasteiger partial charge in [0.2, 0.25) is 5.89 Å². The quantitative estimate of drug-likeness (QED) is 0.877. The second kappa shape index (κ2) is 5.48. The maximum absolute atomic E-state index is 12.4. The third-order valence-electron chi connectivity index (χ3n) is 2.31. The Hall–Kier alpha value is -1.76. The van der Waals surface area contributed by atoms with Crippen LogP contribution in [0.3, 0.4) is 0 Å². The molecule has 0 spiro atoms. The molecule has 2 aromatic rings. The zero-order valence-electron chi connectivity index (χ0n) is 9.54. The first-order valence-electron chi connectivity index (χ1n) is 5.27. The van der Waals surface area contributed by atoms with Crippen LogP contribution in [-0.2, 0) is 18.6 Å². The molecule has 0 amide bonds. The maximum atomic E-state index is 12.4. The normalized spacial score (nSPS) is 11.6. The minimum atomic E-state index is -4.33. The average Bonchev–Trinajstić information content (AvgIpc) is 2.84. The molecule has 8 heteroatoms. The summed E-state index contributed by atoms with van der Waals surface area (Å²) in [5.74, 6) is 0.381. The first kappa shape index (κ1) is 13.7. The molecule has 102 valence electrons. The average molecular weight is 292 g/mol. The predicted molar refractivity (Wildman–Crippen MR) is 62.6 cm³/mol. The number of benzene rings is 1. The zero-order valence-corrected chi connectivity index (χ0v) is 10.3. The van der Waals surface area contributed by atoms with Gasteiger partial charge in [-0.1, -0.05) is 17.2 Å². The molecule has 1 N–H and O–H groups in total. The molecule has 0 aliphatic carbocycles. The molecule has 1 heterocycles. The monoisotopic (exact) mass is 291 g/mol. The van der Waals surface area contributed by atoms with E-state index < -0.39 is 11.7 Å². The van der Waals surface area contributed by atoms with Crippen molar-refractivity contribution < 1.29 is 17.6 Å². The fraction of sp³-hybridized carbons (Fsp3) is 0.273. The van der Waals surface area contributed by atoms with Crippen LogP contribution in [-0.4, -0.2) is 10.2 Å². The van der Waals surface area contributed by atoms with E-state index in [1.54, 1.807) is 0 Å². The molecule has 0 saturated carbocycles. The Morgan fingerprint density at radius 2 is 1.84 bits per heavy atom. The van der Waals surface area contributed by atoms with Gasteiger partial charge in [-0.05, 0) is 17.7 Å². The second-order valence-electron chi connectivity index (χ2n) is 3.68. The van der Waals surface area contributed by atoms with Gasteiger partial charge in [0.15, 0.2) is 0 Å². The number of hydrogen-bond donors (Lipinski definition) is 1. The summed E-state index contributed by atoms with van der Waals surface area (Å²) in [5.41, 5.74) is -0.0166. The minimum Gasteiger partial charge on any atom is -0.407 e. The van der Waals surface area contributed by atoms with Gasteiger partial charge < -0.3 is 9.73 Å². The molecule has 2 rings (SSSR count). The minimum absolute atomic E-state index is 0.106. The highest BCUT2D eigenvalue weighted by Gasteiger charge is 2.29. The van der Waals surface area contributed by atoms with E-state index in [0.717, 1.165) is 12.1 Å². The molecule has 4 nitrogen and oxygen atoms in total. The highest BCUT2D eigenvalue weighted by molar-refractivity contribution is 6.16.